The molecule has 0 aromatic carbocycles. The second-order valence-corrected chi connectivity index (χ2v) is 7.71. The molecule has 1 saturated carbocycles. The van der Waals surface area contributed by atoms with Gasteiger partial charge in [0.1, 0.15) is 17.7 Å². The molecule has 0 aliphatic heterocycles. The van der Waals surface area contributed by atoms with Crippen LogP contribution in [0.4, 0.5) is 10.2 Å². The quantitative estimate of drug-likeness (QED) is 0.571. The Kier molecular flexibility index (Phi) is 5.63. The highest BCUT2D eigenvalue weighted by atomic mass is 19.1. The molecule has 1 N–H and O–H groups in total. The van der Waals surface area contributed by atoms with Crippen LogP contribution in [0.1, 0.15) is 42.2 Å². The molecule has 0 radical (unpaired) electrons. The number of ketones is 1. The van der Waals surface area contributed by atoms with Crippen LogP contribution in [0.3, 0.4) is 0 Å². The van der Waals surface area contributed by atoms with Crippen molar-refractivity contribution in [3.63, 3.8) is 0 Å². The number of hydrogen-bond acceptors (Lipinski definition) is 6. The van der Waals surface area contributed by atoms with Gasteiger partial charge < -0.3 is 10.1 Å². The average molecular weight is 422 g/mol. The fourth-order valence-corrected chi connectivity index (χ4v) is 3.47. The Morgan fingerprint density at radius 2 is 1.97 bits per heavy atom. The maximum atomic E-state index is 13.1. The summed E-state index contributed by atoms with van der Waals surface area (Å²) in [4.78, 5) is 37.3. The fourth-order valence-electron chi connectivity index (χ4n) is 3.47. The molecule has 1 aliphatic carbocycles. The molecule has 0 spiro atoms. The first-order chi connectivity index (χ1) is 14.9. The largest absolute Gasteiger partial charge is 0.481 e. The number of ether oxygens (including phenoxy) is 1. The molecule has 0 unspecified atom stereocenters. The number of carbonyl (C=O) groups excluding carboxylic acids is 2. The minimum absolute atomic E-state index is 0.0183. The van der Waals surface area contributed by atoms with E-state index in [4.69, 9.17) is 4.74 Å². The zero-order chi connectivity index (χ0) is 22.1. The van der Waals surface area contributed by atoms with Crippen LogP contribution in [-0.4, -0.2) is 39.9 Å². The Morgan fingerprint density at radius 3 is 2.61 bits per heavy atom. The van der Waals surface area contributed by atoms with Crippen molar-refractivity contribution >= 4 is 28.4 Å². The predicted octanol–water partition coefficient (Wildman–Crippen LogP) is 4.29. The molecule has 3 heterocycles. The first kappa shape index (κ1) is 20.8. The van der Waals surface area contributed by atoms with Crippen LogP contribution in [-0.2, 0) is 4.79 Å². The lowest BCUT2D eigenvalue weighted by molar-refractivity contribution is -0.117. The number of pyridine rings is 3. The highest BCUT2D eigenvalue weighted by Crippen LogP contribution is 2.36. The number of hydrogen-bond donors (Lipinski definition) is 1. The van der Waals surface area contributed by atoms with Gasteiger partial charge in [-0.05, 0) is 37.5 Å². The van der Waals surface area contributed by atoms with E-state index in [-0.39, 0.29) is 18.1 Å². The molecule has 1 fully saturated rings. The third-order valence-corrected chi connectivity index (χ3v) is 5.32. The number of anilines is 1. The SMILES string of the molecule is CCCC(=O)c1cc(C)c(-c2cc3cnc(NC(=O)[C@@H]4C[C@@H]4F)cc3nc2OC)cn1. The molecule has 3 aromatic rings. The van der Waals surface area contributed by atoms with Gasteiger partial charge >= 0.3 is 0 Å². The topological polar surface area (TPSA) is 94.1 Å². The van der Waals surface area contributed by atoms with Gasteiger partial charge in [0.2, 0.25) is 11.8 Å². The molecule has 160 valence electrons. The summed E-state index contributed by atoms with van der Waals surface area (Å²) >= 11 is 0. The van der Waals surface area contributed by atoms with Crippen molar-refractivity contribution in [1.82, 2.24) is 15.0 Å². The van der Waals surface area contributed by atoms with E-state index < -0.39 is 12.1 Å². The molecular formula is C23H23FN4O3. The summed E-state index contributed by atoms with van der Waals surface area (Å²) in [5, 5.41) is 3.38. The van der Waals surface area contributed by atoms with Crippen molar-refractivity contribution in [3.8, 4) is 17.0 Å². The van der Waals surface area contributed by atoms with Gasteiger partial charge in [-0.1, -0.05) is 6.92 Å². The van der Waals surface area contributed by atoms with Crippen LogP contribution >= 0.6 is 0 Å². The number of halogens is 1. The minimum atomic E-state index is -1.07. The Labute approximate surface area is 179 Å². The first-order valence-corrected chi connectivity index (χ1v) is 10.2. The smallest absolute Gasteiger partial charge is 0.231 e. The van der Waals surface area contributed by atoms with Crippen LogP contribution in [0.25, 0.3) is 22.0 Å². The number of alkyl halides is 1. The van der Waals surface area contributed by atoms with Crippen molar-refractivity contribution in [2.75, 3.05) is 12.4 Å². The number of methoxy groups -OCH3 is 1. The highest BCUT2D eigenvalue weighted by molar-refractivity contribution is 5.97. The van der Waals surface area contributed by atoms with E-state index in [1.165, 1.54) is 7.11 Å². The third kappa shape index (κ3) is 4.23. The monoisotopic (exact) mass is 422 g/mol. The zero-order valence-electron chi connectivity index (χ0n) is 17.6. The third-order valence-electron chi connectivity index (χ3n) is 5.32. The zero-order valence-corrected chi connectivity index (χ0v) is 17.6. The van der Waals surface area contributed by atoms with E-state index in [0.29, 0.717) is 29.3 Å². The number of aromatic nitrogens is 3. The van der Waals surface area contributed by atoms with Gasteiger partial charge in [-0.2, -0.15) is 0 Å². The molecule has 31 heavy (non-hydrogen) atoms. The number of aryl methyl sites for hydroxylation is 1. The van der Waals surface area contributed by atoms with Crippen molar-refractivity contribution in [2.24, 2.45) is 5.92 Å². The lowest BCUT2D eigenvalue weighted by atomic mass is 10.0. The second-order valence-electron chi connectivity index (χ2n) is 7.71. The Hall–Kier alpha value is -3.42. The molecule has 7 nitrogen and oxygen atoms in total. The van der Waals surface area contributed by atoms with Crippen LogP contribution < -0.4 is 10.1 Å². The van der Waals surface area contributed by atoms with Crippen LogP contribution in [0.2, 0.25) is 0 Å². The van der Waals surface area contributed by atoms with Crippen LogP contribution in [0.5, 0.6) is 5.88 Å². The van der Waals surface area contributed by atoms with Crippen molar-refractivity contribution in [2.45, 2.75) is 39.3 Å². The molecular weight excluding hydrogens is 399 g/mol. The summed E-state index contributed by atoms with van der Waals surface area (Å²) in [6.45, 7) is 3.87. The van der Waals surface area contributed by atoms with Crippen molar-refractivity contribution < 1.29 is 18.7 Å². The molecule has 1 aliphatic rings. The number of carbonyl (C=O) groups is 2. The van der Waals surface area contributed by atoms with Gasteiger partial charge in [0, 0.05) is 41.4 Å². The van der Waals surface area contributed by atoms with E-state index in [2.05, 4.69) is 20.3 Å². The first-order valence-electron chi connectivity index (χ1n) is 10.2. The summed E-state index contributed by atoms with van der Waals surface area (Å²) in [6.07, 6.45) is 3.68. The van der Waals surface area contributed by atoms with Gasteiger partial charge in [-0.15, -0.1) is 0 Å². The normalized spacial score (nSPS) is 17.4. The standard InChI is InChI=1S/C23H23FN4O3/c1-4-5-20(29)19-6-12(2)16(11-25-19)14-7-13-10-26-21(9-18(13)27-23(14)31-3)28-22(30)15-8-17(15)24/h6-7,9-11,15,17H,4-5,8H2,1-3H3,(H,26,28,30)/t15-,17+/m1/s1. The van der Waals surface area contributed by atoms with Gasteiger partial charge in [0.05, 0.1) is 18.5 Å². The van der Waals surface area contributed by atoms with E-state index in [1.54, 1.807) is 24.5 Å². The fraction of sp³-hybridized carbons (Fsp3) is 0.348. The second kappa shape index (κ2) is 8.37. The van der Waals surface area contributed by atoms with Crippen LogP contribution in [0, 0.1) is 12.8 Å². The van der Waals surface area contributed by atoms with Gasteiger partial charge in [0.15, 0.2) is 5.78 Å². The summed E-state index contributed by atoms with van der Waals surface area (Å²) in [5.41, 5.74) is 3.45. The minimum Gasteiger partial charge on any atom is -0.481 e. The average Bonchev–Trinajstić information content (AvgIpc) is 3.49. The Balaban J connectivity index is 1.67. The number of nitrogens with one attached hydrogen (secondary N) is 1. The molecule has 8 heteroatoms. The van der Waals surface area contributed by atoms with Crippen molar-refractivity contribution in [3.05, 3.63) is 41.9 Å². The molecule has 0 bridgehead atoms. The highest BCUT2D eigenvalue weighted by Gasteiger charge is 2.43. The van der Waals surface area contributed by atoms with Gasteiger partial charge in [0.25, 0.3) is 0 Å². The molecule has 3 aromatic heterocycles. The van der Waals surface area contributed by atoms with Gasteiger partial charge in [-0.3, -0.25) is 14.6 Å². The summed E-state index contributed by atoms with van der Waals surface area (Å²) in [7, 11) is 1.53. The van der Waals surface area contributed by atoms with Gasteiger partial charge in [-0.25, -0.2) is 14.4 Å². The van der Waals surface area contributed by atoms with Crippen molar-refractivity contribution in [1.29, 1.82) is 0 Å². The maximum absolute atomic E-state index is 13.1. The number of fused-ring (bicyclic) bond motifs is 1. The van der Waals surface area contributed by atoms with E-state index in [9.17, 15) is 14.0 Å². The Morgan fingerprint density at radius 1 is 1.19 bits per heavy atom. The lowest BCUT2D eigenvalue weighted by Gasteiger charge is -2.13. The summed E-state index contributed by atoms with van der Waals surface area (Å²) in [5.74, 6) is -0.243. The van der Waals surface area contributed by atoms with E-state index in [1.807, 2.05) is 19.9 Å². The van der Waals surface area contributed by atoms with E-state index >= 15 is 0 Å². The van der Waals surface area contributed by atoms with E-state index in [0.717, 1.165) is 28.5 Å². The van der Waals surface area contributed by atoms with Crippen LogP contribution in [0.15, 0.2) is 30.6 Å². The molecule has 4 rings (SSSR count). The number of rotatable bonds is 7. The number of amides is 1. The number of nitrogens with zero attached hydrogens (tertiary/aromatic N) is 3. The Bertz CT molecular complexity index is 1180. The summed E-state index contributed by atoms with van der Waals surface area (Å²) in [6, 6.07) is 5.30. The molecule has 0 saturated heterocycles. The summed E-state index contributed by atoms with van der Waals surface area (Å²) < 4.78 is 18.6. The maximum Gasteiger partial charge on any atom is 0.231 e. The lowest BCUT2D eigenvalue weighted by Crippen LogP contribution is -2.15. The molecule has 2 atom stereocenters. The predicted molar refractivity (Wildman–Crippen MR) is 115 cm³/mol. The number of Topliss-reactive ketones (excluding diaryl/α,β-unsaturated/α-hetero) is 1. The molecule has 1 amide bonds.